The lowest BCUT2D eigenvalue weighted by atomic mass is 10.0. The summed E-state index contributed by atoms with van der Waals surface area (Å²) >= 11 is 0. The van der Waals surface area contributed by atoms with Crippen molar-refractivity contribution < 1.29 is 0 Å². The smallest absolute Gasteiger partial charge is 0.192 e. The molecule has 102 valence electrons. The van der Waals surface area contributed by atoms with Crippen molar-refractivity contribution >= 4 is 5.96 Å². The molecule has 1 heterocycles. The molecule has 0 saturated heterocycles. The largest absolute Gasteiger partial charge is 0.370 e. The fourth-order valence-corrected chi connectivity index (χ4v) is 2.57. The van der Waals surface area contributed by atoms with Gasteiger partial charge >= 0.3 is 0 Å². The van der Waals surface area contributed by atoms with Crippen molar-refractivity contribution in [3.05, 3.63) is 71.3 Å². The first-order valence-corrected chi connectivity index (χ1v) is 6.91. The van der Waals surface area contributed by atoms with Crippen LogP contribution in [0.4, 0.5) is 0 Å². The van der Waals surface area contributed by atoms with E-state index in [1.165, 1.54) is 16.7 Å². The number of rotatable bonds is 3. The number of guanidine groups is 1. The second-order valence-corrected chi connectivity index (χ2v) is 5.24. The highest BCUT2D eigenvalue weighted by molar-refractivity contribution is 5.80. The van der Waals surface area contributed by atoms with Gasteiger partial charge in [-0.25, -0.2) is 0 Å². The first-order valence-electron chi connectivity index (χ1n) is 6.91. The molecule has 3 nitrogen and oxygen atoms in total. The number of aryl methyl sites for hydroxylation is 1. The molecule has 2 aromatic carbocycles. The fourth-order valence-electron chi connectivity index (χ4n) is 2.57. The molecule has 0 bridgehead atoms. The molecule has 1 aliphatic heterocycles. The molecule has 3 rings (SSSR count). The zero-order valence-corrected chi connectivity index (χ0v) is 11.7. The molecule has 1 aliphatic rings. The van der Waals surface area contributed by atoms with Crippen LogP contribution in [0.3, 0.4) is 0 Å². The van der Waals surface area contributed by atoms with Gasteiger partial charge in [0.1, 0.15) is 0 Å². The fraction of sp³-hybridized carbons (Fsp3) is 0.235. The zero-order valence-electron chi connectivity index (χ0n) is 11.7. The van der Waals surface area contributed by atoms with Crippen LogP contribution in [0.1, 0.15) is 22.7 Å². The van der Waals surface area contributed by atoms with Crippen molar-refractivity contribution in [2.45, 2.75) is 19.5 Å². The van der Waals surface area contributed by atoms with Crippen LogP contribution in [0.15, 0.2) is 59.6 Å². The van der Waals surface area contributed by atoms with E-state index in [0.717, 1.165) is 13.1 Å². The van der Waals surface area contributed by atoms with Gasteiger partial charge in [0.2, 0.25) is 0 Å². The van der Waals surface area contributed by atoms with E-state index in [9.17, 15) is 0 Å². The molecule has 3 heteroatoms. The Morgan fingerprint density at radius 3 is 2.50 bits per heavy atom. The van der Waals surface area contributed by atoms with Crippen LogP contribution in [0.5, 0.6) is 0 Å². The molecule has 0 aliphatic carbocycles. The monoisotopic (exact) mass is 265 g/mol. The highest BCUT2D eigenvalue weighted by Gasteiger charge is 2.27. The van der Waals surface area contributed by atoms with Crippen molar-refractivity contribution in [2.24, 2.45) is 10.7 Å². The van der Waals surface area contributed by atoms with Gasteiger partial charge in [0.25, 0.3) is 0 Å². The molecule has 0 fully saturated rings. The van der Waals surface area contributed by atoms with Gasteiger partial charge in [0.05, 0.1) is 12.6 Å². The van der Waals surface area contributed by atoms with E-state index < -0.39 is 0 Å². The Balaban J connectivity index is 1.83. The zero-order chi connectivity index (χ0) is 13.9. The second-order valence-electron chi connectivity index (χ2n) is 5.24. The van der Waals surface area contributed by atoms with Gasteiger partial charge in [-0.1, -0.05) is 60.2 Å². The maximum atomic E-state index is 6.06. The SMILES string of the molecule is Cc1ccc(C2CN=C(N)N2Cc2ccccc2)cc1. The lowest BCUT2D eigenvalue weighted by molar-refractivity contribution is 0.340. The lowest BCUT2D eigenvalue weighted by Gasteiger charge is -2.26. The Morgan fingerprint density at radius 2 is 1.80 bits per heavy atom. The van der Waals surface area contributed by atoms with Crippen LogP contribution in [-0.2, 0) is 6.54 Å². The average Bonchev–Trinajstić information content (AvgIpc) is 2.83. The van der Waals surface area contributed by atoms with Crippen molar-refractivity contribution in [3.8, 4) is 0 Å². The van der Waals surface area contributed by atoms with Gasteiger partial charge in [0.15, 0.2) is 5.96 Å². The predicted octanol–water partition coefficient (Wildman–Crippen LogP) is 2.87. The third-order valence-corrected chi connectivity index (χ3v) is 3.75. The van der Waals surface area contributed by atoms with E-state index in [-0.39, 0.29) is 6.04 Å². The van der Waals surface area contributed by atoms with Crippen molar-refractivity contribution in [2.75, 3.05) is 6.54 Å². The van der Waals surface area contributed by atoms with Crippen LogP contribution in [0, 0.1) is 6.92 Å². The summed E-state index contributed by atoms with van der Waals surface area (Å²) in [5.74, 6) is 0.638. The minimum Gasteiger partial charge on any atom is -0.370 e. The number of hydrogen-bond donors (Lipinski definition) is 1. The molecular weight excluding hydrogens is 246 g/mol. The number of nitrogens with zero attached hydrogens (tertiary/aromatic N) is 2. The Labute approximate surface area is 119 Å². The summed E-state index contributed by atoms with van der Waals surface area (Å²) in [4.78, 5) is 6.59. The van der Waals surface area contributed by atoms with E-state index in [1.807, 2.05) is 6.07 Å². The van der Waals surface area contributed by atoms with Gasteiger partial charge in [-0.2, -0.15) is 0 Å². The maximum Gasteiger partial charge on any atom is 0.192 e. The van der Waals surface area contributed by atoms with Crippen molar-refractivity contribution in [1.29, 1.82) is 0 Å². The van der Waals surface area contributed by atoms with Gasteiger partial charge in [-0.05, 0) is 18.1 Å². The molecule has 20 heavy (non-hydrogen) atoms. The topological polar surface area (TPSA) is 41.6 Å². The van der Waals surface area contributed by atoms with Crippen LogP contribution in [0.2, 0.25) is 0 Å². The van der Waals surface area contributed by atoms with Crippen LogP contribution in [0.25, 0.3) is 0 Å². The van der Waals surface area contributed by atoms with Gasteiger partial charge in [-0.3, -0.25) is 4.99 Å². The lowest BCUT2D eigenvalue weighted by Crippen LogP contribution is -2.35. The van der Waals surface area contributed by atoms with E-state index >= 15 is 0 Å². The van der Waals surface area contributed by atoms with Crippen LogP contribution in [-0.4, -0.2) is 17.4 Å². The minimum absolute atomic E-state index is 0.246. The summed E-state index contributed by atoms with van der Waals surface area (Å²) in [5.41, 5.74) is 9.86. The van der Waals surface area contributed by atoms with Crippen molar-refractivity contribution in [1.82, 2.24) is 4.90 Å². The first-order chi connectivity index (χ1) is 9.74. The van der Waals surface area contributed by atoms with E-state index in [4.69, 9.17) is 5.73 Å². The number of hydrogen-bond acceptors (Lipinski definition) is 3. The summed E-state index contributed by atoms with van der Waals surface area (Å²) in [5, 5.41) is 0. The van der Waals surface area contributed by atoms with Crippen molar-refractivity contribution in [3.63, 3.8) is 0 Å². The summed E-state index contributed by atoms with van der Waals surface area (Å²) in [6.07, 6.45) is 0. The Hall–Kier alpha value is -2.29. The third kappa shape index (κ3) is 2.52. The number of benzene rings is 2. The molecule has 0 radical (unpaired) electrons. The number of aliphatic imine (C=N–C) groups is 1. The van der Waals surface area contributed by atoms with Gasteiger partial charge in [-0.15, -0.1) is 0 Å². The Bertz CT molecular complexity index is 602. The molecule has 0 saturated carbocycles. The molecule has 1 unspecified atom stereocenters. The summed E-state index contributed by atoms with van der Waals surface area (Å²) in [7, 11) is 0. The summed E-state index contributed by atoms with van der Waals surface area (Å²) in [6, 6.07) is 19.3. The van der Waals surface area contributed by atoms with Gasteiger partial charge in [0, 0.05) is 6.54 Å². The molecule has 0 amide bonds. The molecule has 2 N–H and O–H groups in total. The molecule has 0 spiro atoms. The quantitative estimate of drug-likeness (QED) is 0.927. The standard InChI is InChI=1S/C17H19N3/c1-13-7-9-15(10-8-13)16-11-19-17(18)20(16)12-14-5-3-2-4-6-14/h2-10,16H,11-12H2,1H3,(H2,18,19). The summed E-state index contributed by atoms with van der Waals surface area (Å²) in [6.45, 7) is 3.64. The van der Waals surface area contributed by atoms with Gasteiger partial charge < -0.3 is 10.6 Å². The maximum absolute atomic E-state index is 6.06. The molecular formula is C17H19N3. The minimum atomic E-state index is 0.246. The Kier molecular flexibility index (Phi) is 3.42. The molecule has 2 aromatic rings. The highest BCUT2D eigenvalue weighted by Crippen LogP contribution is 2.27. The van der Waals surface area contributed by atoms with E-state index in [2.05, 4.69) is 65.3 Å². The van der Waals surface area contributed by atoms with E-state index in [1.54, 1.807) is 0 Å². The molecule has 0 aromatic heterocycles. The first kappa shape index (κ1) is 12.7. The highest BCUT2D eigenvalue weighted by atomic mass is 15.3. The second kappa shape index (κ2) is 5.37. The van der Waals surface area contributed by atoms with E-state index in [0.29, 0.717) is 5.96 Å². The Morgan fingerprint density at radius 1 is 1.10 bits per heavy atom. The normalized spacial score (nSPS) is 18.1. The number of nitrogens with two attached hydrogens (primary N) is 1. The summed E-state index contributed by atoms with van der Waals surface area (Å²) < 4.78 is 0. The molecule has 1 atom stereocenters. The third-order valence-electron chi connectivity index (χ3n) is 3.75. The van der Waals surface area contributed by atoms with Crippen LogP contribution >= 0.6 is 0 Å². The average molecular weight is 265 g/mol. The predicted molar refractivity (Wildman–Crippen MR) is 82.4 cm³/mol. The van der Waals surface area contributed by atoms with Crippen LogP contribution < -0.4 is 5.73 Å².